The zero-order valence-corrected chi connectivity index (χ0v) is 11.6. The van der Waals surface area contributed by atoms with Gasteiger partial charge in [-0.15, -0.1) is 0 Å². The maximum absolute atomic E-state index is 12.5. The third-order valence-corrected chi connectivity index (χ3v) is 4.27. The number of carbonyl (C=O) groups excluding carboxylic acids is 1. The Morgan fingerprint density at radius 3 is 2.39 bits per heavy atom. The van der Waals surface area contributed by atoms with Crippen LogP contribution in [0.2, 0.25) is 0 Å². The molecule has 4 nitrogen and oxygen atoms in total. The van der Waals surface area contributed by atoms with Gasteiger partial charge in [-0.25, -0.2) is 4.79 Å². The molecule has 1 aliphatic heterocycles. The number of rotatable bonds is 3. The number of nitrogens with zero attached hydrogens (tertiary/aromatic N) is 2. The van der Waals surface area contributed by atoms with Gasteiger partial charge < -0.3 is 15.5 Å². The monoisotopic (exact) mass is 253 g/mol. The van der Waals surface area contributed by atoms with E-state index in [1.807, 2.05) is 4.90 Å². The van der Waals surface area contributed by atoms with E-state index in [1.54, 1.807) is 0 Å². The Balaban J connectivity index is 1.95. The van der Waals surface area contributed by atoms with Crippen LogP contribution in [0.4, 0.5) is 4.79 Å². The minimum absolute atomic E-state index is 0.273. The molecule has 0 bridgehead atoms. The molecule has 4 heteroatoms. The highest BCUT2D eigenvalue weighted by atomic mass is 16.2. The number of hydrogen-bond donors (Lipinski definition) is 1. The number of urea groups is 1. The first-order valence-corrected chi connectivity index (χ1v) is 7.53. The summed E-state index contributed by atoms with van der Waals surface area (Å²) in [6, 6.07) is 1.05. The number of likely N-dealkylation sites (tertiary alicyclic amines) is 1. The Morgan fingerprint density at radius 2 is 1.83 bits per heavy atom. The van der Waals surface area contributed by atoms with Gasteiger partial charge in [0.15, 0.2) is 0 Å². The van der Waals surface area contributed by atoms with Gasteiger partial charge in [-0.2, -0.15) is 0 Å². The van der Waals surface area contributed by atoms with Crippen LogP contribution in [0.1, 0.15) is 51.9 Å². The summed E-state index contributed by atoms with van der Waals surface area (Å²) < 4.78 is 0. The predicted molar refractivity (Wildman–Crippen MR) is 73.4 cm³/mol. The molecule has 0 atom stereocenters. The van der Waals surface area contributed by atoms with Gasteiger partial charge >= 0.3 is 6.03 Å². The van der Waals surface area contributed by atoms with Gasteiger partial charge in [0.1, 0.15) is 0 Å². The normalized spacial score (nSPS) is 28.4. The molecule has 2 rings (SSSR count). The summed E-state index contributed by atoms with van der Waals surface area (Å²) in [5.74, 6) is 0. The highest BCUT2D eigenvalue weighted by Gasteiger charge is 2.30. The molecule has 2 N–H and O–H groups in total. The molecule has 0 unspecified atom stereocenters. The first-order valence-electron chi connectivity index (χ1n) is 7.53. The van der Waals surface area contributed by atoms with Gasteiger partial charge in [-0.05, 0) is 44.9 Å². The average Bonchev–Trinajstić information content (AvgIpc) is 2.90. The van der Waals surface area contributed by atoms with Gasteiger partial charge in [-0.3, -0.25) is 0 Å². The van der Waals surface area contributed by atoms with Crippen LogP contribution in [0.3, 0.4) is 0 Å². The first-order chi connectivity index (χ1) is 8.72. The van der Waals surface area contributed by atoms with Crippen molar-refractivity contribution in [2.45, 2.75) is 64.0 Å². The fraction of sp³-hybridized carbons (Fsp3) is 0.929. The minimum Gasteiger partial charge on any atom is -0.328 e. The van der Waals surface area contributed by atoms with Gasteiger partial charge in [0.25, 0.3) is 0 Å². The van der Waals surface area contributed by atoms with Crippen molar-refractivity contribution in [2.24, 2.45) is 5.73 Å². The number of nitrogens with two attached hydrogens (primary N) is 1. The van der Waals surface area contributed by atoms with Crippen LogP contribution in [-0.4, -0.2) is 47.5 Å². The molecule has 2 amide bonds. The van der Waals surface area contributed by atoms with Crippen molar-refractivity contribution in [1.82, 2.24) is 9.80 Å². The summed E-state index contributed by atoms with van der Waals surface area (Å²) >= 11 is 0. The van der Waals surface area contributed by atoms with E-state index in [9.17, 15) is 4.79 Å². The highest BCUT2D eigenvalue weighted by molar-refractivity contribution is 5.75. The Kier molecular flexibility index (Phi) is 4.87. The summed E-state index contributed by atoms with van der Waals surface area (Å²) in [7, 11) is 0. The van der Waals surface area contributed by atoms with E-state index in [0.29, 0.717) is 12.1 Å². The molecule has 0 spiro atoms. The van der Waals surface area contributed by atoms with Crippen molar-refractivity contribution < 1.29 is 4.79 Å². The van der Waals surface area contributed by atoms with Crippen molar-refractivity contribution >= 4 is 6.03 Å². The van der Waals surface area contributed by atoms with Gasteiger partial charge in [-0.1, -0.05) is 6.92 Å². The lowest BCUT2D eigenvalue weighted by Gasteiger charge is -2.38. The lowest BCUT2D eigenvalue weighted by atomic mass is 9.91. The van der Waals surface area contributed by atoms with Crippen LogP contribution in [0.5, 0.6) is 0 Å². The van der Waals surface area contributed by atoms with E-state index in [-0.39, 0.29) is 6.03 Å². The summed E-state index contributed by atoms with van der Waals surface area (Å²) in [4.78, 5) is 16.7. The summed E-state index contributed by atoms with van der Waals surface area (Å²) in [5, 5.41) is 0. The maximum Gasteiger partial charge on any atom is 0.320 e. The number of hydrogen-bond acceptors (Lipinski definition) is 2. The molecule has 1 saturated carbocycles. The molecule has 2 fully saturated rings. The van der Waals surface area contributed by atoms with Crippen molar-refractivity contribution in [3.8, 4) is 0 Å². The third kappa shape index (κ3) is 3.16. The molecule has 18 heavy (non-hydrogen) atoms. The molecule has 1 heterocycles. The van der Waals surface area contributed by atoms with E-state index in [4.69, 9.17) is 5.73 Å². The SMILES string of the molecule is CCCN(C(=O)N1CCCC1)C1CCC(N)CC1. The summed E-state index contributed by atoms with van der Waals surface area (Å²) in [5.41, 5.74) is 5.96. The van der Waals surface area contributed by atoms with E-state index in [0.717, 1.165) is 51.7 Å². The van der Waals surface area contributed by atoms with Gasteiger partial charge in [0.2, 0.25) is 0 Å². The van der Waals surface area contributed by atoms with E-state index in [2.05, 4.69) is 11.8 Å². The van der Waals surface area contributed by atoms with Crippen LogP contribution in [0.25, 0.3) is 0 Å². The van der Waals surface area contributed by atoms with Crippen LogP contribution in [0.15, 0.2) is 0 Å². The molecular formula is C14H27N3O. The summed E-state index contributed by atoms with van der Waals surface area (Å²) in [6.07, 6.45) is 7.68. The fourth-order valence-corrected chi connectivity index (χ4v) is 3.18. The lowest BCUT2D eigenvalue weighted by molar-refractivity contribution is 0.124. The lowest BCUT2D eigenvalue weighted by Crippen LogP contribution is -2.49. The average molecular weight is 253 g/mol. The summed E-state index contributed by atoms with van der Waals surface area (Å²) in [6.45, 7) is 4.95. The maximum atomic E-state index is 12.5. The van der Waals surface area contributed by atoms with E-state index in [1.165, 1.54) is 12.8 Å². The smallest absolute Gasteiger partial charge is 0.320 e. The molecule has 1 aliphatic carbocycles. The van der Waals surface area contributed by atoms with Crippen molar-refractivity contribution in [1.29, 1.82) is 0 Å². The predicted octanol–water partition coefficient (Wildman–Crippen LogP) is 2.18. The quantitative estimate of drug-likeness (QED) is 0.838. The standard InChI is InChI=1S/C14H27N3O/c1-2-9-17(13-7-5-12(15)6-8-13)14(18)16-10-3-4-11-16/h12-13H,2-11,15H2,1H3. The molecule has 2 aliphatic rings. The molecule has 0 aromatic heterocycles. The van der Waals surface area contributed by atoms with Crippen molar-refractivity contribution in [3.63, 3.8) is 0 Å². The second-order valence-corrected chi connectivity index (χ2v) is 5.74. The number of amides is 2. The van der Waals surface area contributed by atoms with Crippen molar-refractivity contribution in [2.75, 3.05) is 19.6 Å². The molecular weight excluding hydrogens is 226 g/mol. The second kappa shape index (κ2) is 6.41. The van der Waals surface area contributed by atoms with Gasteiger partial charge in [0, 0.05) is 31.7 Å². The van der Waals surface area contributed by atoms with Crippen LogP contribution in [-0.2, 0) is 0 Å². The first kappa shape index (κ1) is 13.7. The molecule has 0 aromatic rings. The zero-order chi connectivity index (χ0) is 13.0. The van der Waals surface area contributed by atoms with Crippen LogP contribution in [0, 0.1) is 0 Å². The molecule has 0 radical (unpaired) electrons. The second-order valence-electron chi connectivity index (χ2n) is 5.74. The molecule has 1 saturated heterocycles. The largest absolute Gasteiger partial charge is 0.328 e. The Labute approximate surface area is 110 Å². The minimum atomic E-state index is 0.273. The van der Waals surface area contributed by atoms with E-state index < -0.39 is 0 Å². The topological polar surface area (TPSA) is 49.6 Å². The zero-order valence-electron chi connectivity index (χ0n) is 11.6. The third-order valence-electron chi connectivity index (χ3n) is 4.27. The molecule has 0 aromatic carbocycles. The van der Waals surface area contributed by atoms with Crippen LogP contribution >= 0.6 is 0 Å². The number of carbonyl (C=O) groups is 1. The van der Waals surface area contributed by atoms with Gasteiger partial charge in [0.05, 0.1) is 0 Å². The van der Waals surface area contributed by atoms with Crippen LogP contribution < -0.4 is 5.73 Å². The Bertz CT molecular complexity index is 268. The van der Waals surface area contributed by atoms with E-state index >= 15 is 0 Å². The van der Waals surface area contributed by atoms with Crippen molar-refractivity contribution in [3.05, 3.63) is 0 Å². The fourth-order valence-electron chi connectivity index (χ4n) is 3.18. The molecule has 104 valence electrons. The Hall–Kier alpha value is -0.770. The highest BCUT2D eigenvalue weighted by Crippen LogP contribution is 2.24. The Morgan fingerprint density at radius 1 is 1.22 bits per heavy atom.